The summed E-state index contributed by atoms with van der Waals surface area (Å²) in [4.78, 5) is 45.3. The van der Waals surface area contributed by atoms with E-state index in [9.17, 15) is 22.8 Å². The summed E-state index contributed by atoms with van der Waals surface area (Å²) < 4.78 is 51.0. The maximum absolute atomic E-state index is 14.3. The number of nitrogens with one attached hydrogen (secondary N) is 3. The molecule has 0 spiro atoms. The van der Waals surface area contributed by atoms with Crippen LogP contribution in [0.4, 0.5) is 4.79 Å². The first-order valence-corrected chi connectivity index (χ1v) is 24.1. The molecule has 14 nitrogen and oxygen atoms in total. The number of nitrogens with two attached hydrogens (primary N) is 1. The predicted octanol–water partition coefficient (Wildman–Crippen LogP) is 5.43. The van der Waals surface area contributed by atoms with Gasteiger partial charge in [-0.2, -0.15) is 0 Å². The van der Waals surface area contributed by atoms with E-state index in [1.165, 1.54) is 12.1 Å². The Labute approximate surface area is 338 Å². The monoisotopic (exact) mass is 825 g/mol. The maximum atomic E-state index is 14.3. The molecule has 57 heavy (non-hydrogen) atoms. The topological polar surface area (TPSA) is 197 Å². The van der Waals surface area contributed by atoms with Gasteiger partial charge in [0.15, 0.2) is 6.10 Å². The van der Waals surface area contributed by atoms with Crippen molar-refractivity contribution < 1.29 is 41.7 Å². The van der Waals surface area contributed by atoms with Gasteiger partial charge in [-0.3, -0.25) is 9.79 Å². The number of hydrogen-bond acceptors (Lipinski definition) is 10. The normalized spacial score (nSPS) is 13.8. The van der Waals surface area contributed by atoms with Gasteiger partial charge in [-0.15, -0.1) is 0 Å². The summed E-state index contributed by atoms with van der Waals surface area (Å²) in [5.74, 6) is -1.67. The first kappa shape index (κ1) is 46.6. The second-order valence-corrected chi connectivity index (χ2v) is 23.2. The lowest BCUT2D eigenvalue weighted by Crippen LogP contribution is -2.56. The molecule has 0 saturated carbocycles. The Morgan fingerprint density at radius 2 is 1.49 bits per heavy atom. The molecule has 0 aliphatic heterocycles. The van der Waals surface area contributed by atoms with Crippen LogP contribution in [0.25, 0.3) is 0 Å². The number of rotatable bonds is 21. The molecule has 0 aliphatic rings. The molecular formula is C41H59N5O9SSi. The maximum Gasteiger partial charge on any atom is 0.407 e. The fraction of sp³-hybridized carbons (Fsp3) is 0.463. The van der Waals surface area contributed by atoms with Gasteiger partial charge in [0, 0.05) is 27.6 Å². The lowest BCUT2D eigenvalue weighted by molar-refractivity contribution is -0.161. The molecule has 0 fully saturated rings. The number of aliphatic imine (C=N–C) groups is 1. The van der Waals surface area contributed by atoms with Crippen LogP contribution in [0.15, 0.2) is 94.8 Å². The third-order valence-corrected chi connectivity index (χ3v) is 11.4. The summed E-state index contributed by atoms with van der Waals surface area (Å²) in [7, 11) is -5.43. The highest BCUT2D eigenvalue weighted by molar-refractivity contribution is 7.90. The fourth-order valence-electron chi connectivity index (χ4n) is 5.28. The van der Waals surface area contributed by atoms with E-state index in [2.05, 4.69) is 40.0 Å². The summed E-state index contributed by atoms with van der Waals surface area (Å²) >= 11 is 0. The Bertz CT molecular complexity index is 1850. The molecule has 3 aromatic carbocycles. The molecule has 5 N–H and O–H groups in total. The highest BCUT2D eigenvalue weighted by Crippen LogP contribution is 2.16. The van der Waals surface area contributed by atoms with Crippen molar-refractivity contribution in [3.8, 4) is 0 Å². The third-order valence-electron chi connectivity index (χ3n) is 8.28. The SMILES string of the molecule is Cc1ccc(S(=O)(=O)NC(N)=NCCC[C@H](NC(=O)OCc2ccccc2)C(OCOCC[Si](C)(C)C)C(=O)N[C@H](Cc2ccccc2)C(=O)OC(C)(C)C)cc1. The summed E-state index contributed by atoms with van der Waals surface area (Å²) in [6.07, 6.45) is -1.73. The van der Waals surface area contributed by atoms with Gasteiger partial charge >= 0.3 is 12.1 Å². The van der Waals surface area contributed by atoms with E-state index in [4.69, 9.17) is 24.7 Å². The number of sulfonamides is 1. The number of carbonyl (C=O) groups excluding carboxylic acids is 3. The van der Waals surface area contributed by atoms with Crippen LogP contribution in [0.3, 0.4) is 0 Å². The van der Waals surface area contributed by atoms with Crippen molar-refractivity contribution in [1.29, 1.82) is 0 Å². The van der Waals surface area contributed by atoms with Crippen LogP contribution in [0.2, 0.25) is 25.7 Å². The zero-order valence-corrected chi connectivity index (χ0v) is 35.9. The molecule has 0 saturated heterocycles. The van der Waals surface area contributed by atoms with Crippen molar-refractivity contribution in [1.82, 2.24) is 15.4 Å². The predicted molar refractivity (Wildman–Crippen MR) is 223 cm³/mol. The van der Waals surface area contributed by atoms with E-state index in [0.29, 0.717) is 6.61 Å². The van der Waals surface area contributed by atoms with E-state index in [0.717, 1.165) is 22.7 Å². The second kappa shape index (κ2) is 22.2. The van der Waals surface area contributed by atoms with Crippen LogP contribution < -0.4 is 21.1 Å². The Hall–Kier alpha value is -4.77. The number of esters is 1. The fourth-order valence-corrected chi connectivity index (χ4v) is 6.98. The van der Waals surface area contributed by atoms with Crippen LogP contribution in [-0.4, -0.2) is 84.2 Å². The number of alkyl carbamates (subject to hydrolysis) is 1. The standard InChI is InChI=1S/C41H59N5O9SSi/c1-30-20-22-33(23-21-30)56(50,51)46-39(42)43-24-14-19-34(45-40(49)53-28-32-17-12-9-13-18-32)36(54-29-52-25-26-57(5,6)7)37(47)44-35(38(48)55-41(2,3)4)27-31-15-10-8-11-16-31/h8-13,15-18,20-23,34-36H,14,19,24-29H2,1-7H3,(H,44,47)(H,45,49)(H3,42,43,46)/t34-,35+,36?/m0/s1. The molecule has 3 aromatic rings. The molecule has 0 heterocycles. The minimum absolute atomic E-state index is 0.0229. The average molecular weight is 826 g/mol. The Morgan fingerprint density at radius 1 is 0.877 bits per heavy atom. The molecule has 1 unspecified atom stereocenters. The largest absolute Gasteiger partial charge is 0.458 e. The molecule has 3 atom stereocenters. The lowest BCUT2D eigenvalue weighted by Gasteiger charge is -2.30. The molecule has 16 heteroatoms. The van der Waals surface area contributed by atoms with Gasteiger partial charge in [0.05, 0.1) is 10.9 Å². The van der Waals surface area contributed by atoms with E-state index in [1.807, 2.05) is 55.5 Å². The molecule has 0 radical (unpaired) electrons. The quantitative estimate of drug-likeness (QED) is 0.0269. The summed E-state index contributed by atoms with van der Waals surface area (Å²) in [6.45, 7) is 13.8. The number of amides is 2. The van der Waals surface area contributed by atoms with Crippen molar-refractivity contribution in [2.75, 3.05) is 19.9 Å². The van der Waals surface area contributed by atoms with Crippen molar-refractivity contribution in [2.45, 2.75) is 108 Å². The van der Waals surface area contributed by atoms with E-state index in [-0.39, 0.29) is 50.1 Å². The first-order chi connectivity index (χ1) is 26.8. The minimum Gasteiger partial charge on any atom is -0.458 e. The minimum atomic E-state index is -3.98. The molecule has 0 aromatic heterocycles. The number of aryl methyl sites for hydroxylation is 1. The van der Waals surface area contributed by atoms with E-state index in [1.54, 1.807) is 45.0 Å². The highest BCUT2D eigenvalue weighted by Gasteiger charge is 2.35. The molecule has 2 amide bonds. The van der Waals surface area contributed by atoms with E-state index < -0.39 is 59.9 Å². The van der Waals surface area contributed by atoms with Gasteiger partial charge in [0.1, 0.15) is 25.0 Å². The van der Waals surface area contributed by atoms with Gasteiger partial charge in [-0.25, -0.2) is 22.7 Å². The zero-order chi connectivity index (χ0) is 42.1. The average Bonchev–Trinajstić information content (AvgIpc) is 3.13. The smallest absolute Gasteiger partial charge is 0.407 e. The van der Waals surface area contributed by atoms with Gasteiger partial charge < -0.3 is 35.3 Å². The van der Waals surface area contributed by atoms with Crippen molar-refractivity contribution in [3.05, 3.63) is 102 Å². The van der Waals surface area contributed by atoms with Gasteiger partial charge in [0.2, 0.25) is 5.96 Å². The van der Waals surface area contributed by atoms with Crippen LogP contribution in [0.5, 0.6) is 0 Å². The lowest BCUT2D eigenvalue weighted by atomic mass is 10.0. The Kier molecular flexibility index (Phi) is 18.2. The molecule has 0 bridgehead atoms. The second-order valence-electron chi connectivity index (χ2n) is 15.8. The molecular weight excluding hydrogens is 767 g/mol. The summed E-state index contributed by atoms with van der Waals surface area (Å²) in [5.41, 5.74) is 7.57. The van der Waals surface area contributed by atoms with Crippen LogP contribution in [0, 0.1) is 6.92 Å². The van der Waals surface area contributed by atoms with Crippen LogP contribution in [-0.2, 0) is 51.6 Å². The summed E-state index contributed by atoms with van der Waals surface area (Å²) in [6, 6.07) is 23.3. The van der Waals surface area contributed by atoms with Gasteiger partial charge in [0.25, 0.3) is 15.9 Å². The number of benzene rings is 3. The number of ether oxygens (including phenoxy) is 4. The zero-order valence-electron chi connectivity index (χ0n) is 34.1. The van der Waals surface area contributed by atoms with Crippen LogP contribution in [0.1, 0.15) is 50.3 Å². The molecule has 3 rings (SSSR count). The molecule has 312 valence electrons. The molecule has 0 aliphatic carbocycles. The highest BCUT2D eigenvalue weighted by atomic mass is 32.2. The van der Waals surface area contributed by atoms with Crippen molar-refractivity contribution in [2.24, 2.45) is 10.7 Å². The number of carbonyl (C=O) groups is 3. The first-order valence-electron chi connectivity index (χ1n) is 18.9. The Morgan fingerprint density at radius 3 is 2.09 bits per heavy atom. The van der Waals surface area contributed by atoms with E-state index >= 15 is 0 Å². The van der Waals surface area contributed by atoms with Crippen molar-refractivity contribution >= 4 is 42.0 Å². The Balaban J connectivity index is 1.87. The number of nitrogens with zero attached hydrogens (tertiary/aromatic N) is 1. The van der Waals surface area contributed by atoms with Crippen molar-refractivity contribution in [3.63, 3.8) is 0 Å². The summed E-state index contributed by atoms with van der Waals surface area (Å²) in [5, 5.41) is 5.59. The van der Waals surface area contributed by atoms with Gasteiger partial charge in [-0.05, 0) is 69.8 Å². The van der Waals surface area contributed by atoms with Gasteiger partial charge in [-0.1, -0.05) is 98.0 Å². The van der Waals surface area contributed by atoms with Crippen LogP contribution >= 0.6 is 0 Å². The number of guanidine groups is 1. The number of hydrogen-bond donors (Lipinski definition) is 4. The third kappa shape index (κ3) is 18.4.